The Morgan fingerprint density at radius 1 is 1.82 bits per heavy atom. The van der Waals surface area contributed by atoms with Gasteiger partial charge in [0.2, 0.25) is 0 Å². The molecule has 0 aliphatic rings. The van der Waals surface area contributed by atoms with Crippen LogP contribution in [0.25, 0.3) is 0 Å². The van der Waals surface area contributed by atoms with E-state index in [0.717, 1.165) is 0 Å². The summed E-state index contributed by atoms with van der Waals surface area (Å²) < 4.78 is 0. The van der Waals surface area contributed by atoms with Crippen LogP contribution in [0, 0.1) is 0 Å². The number of aldehydes is 1. The number of carboxylic acids is 1. The summed E-state index contributed by atoms with van der Waals surface area (Å²) in [5.74, 6) is -1.00. The third-order valence-corrected chi connectivity index (χ3v) is 2.36. The quantitative estimate of drug-likeness (QED) is 0.436. The van der Waals surface area contributed by atoms with Crippen LogP contribution >= 0.6 is 11.3 Å². The van der Waals surface area contributed by atoms with Crippen LogP contribution in [0.5, 0.6) is 0 Å². The van der Waals surface area contributed by atoms with E-state index in [-0.39, 0.29) is 12.1 Å². The highest BCUT2D eigenvalue weighted by molar-refractivity contribution is 7.13. The van der Waals surface area contributed by atoms with E-state index in [1.807, 2.05) is 0 Å². The van der Waals surface area contributed by atoms with E-state index in [2.05, 4.69) is 10.1 Å². The lowest BCUT2D eigenvalue weighted by molar-refractivity contribution is -0.139. The van der Waals surface area contributed by atoms with Gasteiger partial charge in [-0.1, -0.05) is 5.16 Å². The number of thiazole rings is 1. The van der Waals surface area contributed by atoms with Crippen LogP contribution in [0.3, 0.4) is 0 Å². The van der Waals surface area contributed by atoms with Gasteiger partial charge >= 0.3 is 5.97 Å². The van der Waals surface area contributed by atoms with Gasteiger partial charge in [-0.25, -0.2) is 4.98 Å². The van der Waals surface area contributed by atoms with Gasteiger partial charge in [0, 0.05) is 5.38 Å². The first kappa shape index (κ1) is 13.1. The number of aliphatic carboxylic acids is 1. The summed E-state index contributed by atoms with van der Waals surface area (Å²) in [5.41, 5.74) is 5.70. The molecule has 92 valence electrons. The van der Waals surface area contributed by atoms with Gasteiger partial charge in [0.15, 0.2) is 17.1 Å². The monoisotopic (exact) mass is 257 g/mol. The number of carboxylic acid groups (broad SMARTS) is 1. The highest BCUT2D eigenvalue weighted by atomic mass is 32.1. The predicted molar refractivity (Wildman–Crippen MR) is 61.9 cm³/mol. The number of hydrogen-bond acceptors (Lipinski definition) is 7. The predicted octanol–water partition coefficient (Wildman–Crippen LogP) is 0.508. The Hall–Kier alpha value is -1.96. The molecule has 0 aliphatic heterocycles. The SMILES string of the molecule is CC(CC(=O)O)O/N=C(\C=O)c1csc(N)n1. The molecule has 1 heterocycles. The Kier molecular flexibility index (Phi) is 4.58. The molecule has 1 unspecified atom stereocenters. The fraction of sp³-hybridized carbons (Fsp3) is 0.333. The Labute approximate surface area is 101 Å². The van der Waals surface area contributed by atoms with E-state index < -0.39 is 12.1 Å². The van der Waals surface area contributed by atoms with Crippen molar-refractivity contribution in [2.75, 3.05) is 5.73 Å². The minimum Gasteiger partial charge on any atom is -0.481 e. The topological polar surface area (TPSA) is 115 Å². The Morgan fingerprint density at radius 3 is 3.00 bits per heavy atom. The molecule has 0 bridgehead atoms. The Bertz CT molecular complexity index is 443. The smallest absolute Gasteiger partial charge is 0.307 e. The summed E-state index contributed by atoms with van der Waals surface area (Å²) in [7, 11) is 0. The zero-order chi connectivity index (χ0) is 12.8. The summed E-state index contributed by atoms with van der Waals surface area (Å²) in [5, 5.41) is 13.9. The van der Waals surface area contributed by atoms with E-state index in [9.17, 15) is 9.59 Å². The van der Waals surface area contributed by atoms with Gasteiger partial charge in [-0.05, 0) is 6.92 Å². The number of hydrogen-bond donors (Lipinski definition) is 2. The van der Waals surface area contributed by atoms with E-state index >= 15 is 0 Å². The van der Waals surface area contributed by atoms with Crippen molar-refractivity contribution in [3.63, 3.8) is 0 Å². The number of nitrogen functional groups attached to an aromatic ring is 1. The molecular weight excluding hydrogens is 246 g/mol. The maximum Gasteiger partial charge on any atom is 0.307 e. The maximum atomic E-state index is 10.7. The normalized spacial score (nSPS) is 13.1. The van der Waals surface area contributed by atoms with Crippen molar-refractivity contribution in [2.45, 2.75) is 19.4 Å². The second-order valence-corrected chi connectivity index (χ2v) is 4.07. The lowest BCUT2D eigenvalue weighted by Crippen LogP contribution is -2.13. The highest BCUT2D eigenvalue weighted by Gasteiger charge is 2.11. The van der Waals surface area contributed by atoms with Crippen molar-refractivity contribution < 1.29 is 19.5 Å². The first-order valence-electron chi connectivity index (χ1n) is 4.65. The molecule has 8 heteroatoms. The summed E-state index contributed by atoms with van der Waals surface area (Å²) in [6.45, 7) is 1.54. The lowest BCUT2D eigenvalue weighted by atomic mass is 10.3. The molecule has 0 saturated carbocycles. The summed E-state index contributed by atoms with van der Waals surface area (Å²) >= 11 is 1.17. The lowest BCUT2D eigenvalue weighted by Gasteiger charge is -2.06. The highest BCUT2D eigenvalue weighted by Crippen LogP contribution is 2.11. The zero-order valence-electron chi connectivity index (χ0n) is 8.99. The van der Waals surface area contributed by atoms with E-state index in [4.69, 9.17) is 15.7 Å². The molecule has 0 radical (unpaired) electrons. The van der Waals surface area contributed by atoms with Gasteiger partial charge in [-0.2, -0.15) is 0 Å². The number of oxime groups is 1. The van der Waals surface area contributed by atoms with Gasteiger partial charge in [0.05, 0.1) is 6.42 Å². The molecule has 1 aromatic rings. The number of anilines is 1. The zero-order valence-corrected chi connectivity index (χ0v) is 9.81. The van der Waals surface area contributed by atoms with Gasteiger partial charge in [-0.15, -0.1) is 11.3 Å². The van der Waals surface area contributed by atoms with E-state index in [0.29, 0.717) is 17.1 Å². The summed E-state index contributed by atoms with van der Waals surface area (Å²) in [6, 6.07) is 0. The molecule has 17 heavy (non-hydrogen) atoms. The second-order valence-electron chi connectivity index (χ2n) is 3.18. The van der Waals surface area contributed by atoms with Crippen LogP contribution in [0.1, 0.15) is 19.0 Å². The molecular formula is C9H11N3O4S. The molecule has 1 rings (SSSR count). The van der Waals surface area contributed by atoms with Gasteiger partial charge in [0.25, 0.3) is 0 Å². The number of nitrogens with zero attached hydrogens (tertiary/aromatic N) is 2. The standard InChI is InChI=1S/C9H11N3O4S/c1-5(2-8(14)15)16-12-6(3-13)7-4-17-9(10)11-7/h3-5H,2H2,1H3,(H2,10,11)(H,14,15)/b12-6+. The number of carbonyl (C=O) groups is 2. The van der Waals surface area contributed by atoms with Crippen molar-refractivity contribution in [1.29, 1.82) is 0 Å². The minimum absolute atomic E-state index is 0.0183. The van der Waals surface area contributed by atoms with Crippen molar-refractivity contribution >= 4 is 34.4 Å². The van der Waals surface area contributed by atoms with Gasteiger partial charge in [-0.3, -0.25) is 9.59 Å². The number of aromatic nitrogens is 1. The minimum atomic E-state index is -1.00. The van der Waals surface area contributed by atoms with Crippen molar-refractivity contribution in [2.24, 2.45) is 5.16 Å². The molecule has 7 nitrogen and oxygen atoms in total. The molecule has 1 atom stereocenters. The first-order chi connectivity index (χ1) is 8.02. The number of rotatable bonds is 6. The van der Waals surface area contributed by atoms with Crippen molar-refractivity contribution in [1.82, 2.24) is 4.98 Å². The van der Waals surface area contributed by atoms with E-state index in [1.165, 1.54) is 18.3 Å². The number of carbonyl (C=O) groups excluding carboxylic acids is 1. The molecule has 3 N–H and O–H groups in total. The molecule has 0 aliphatic carbocycles. The van der Waals surface area contributed by atoms with Crippen LogP contribution in [-0.4, -0.2) is 34.2 Å². The second kappa shape index (κ2) is 5.94. The number of nitrogens with two attached hydrogens (primary N) is 1. The molecule has 0 aromatic carbocycles. The summed E-state index contributed by atoms with van der Waals surface area (Å²) in [6.07, 6.45) is -0.352. The van der Waals surface area contributed by atoms with Crippen LogP contribution in [0.4, 0.5) is 5.13 Å². The molecule has 0 fully saturated rings. The van der Waals surface area contributed by atoms with Crippen LogP contribution in [-0.2, 0) is 14.4 Å². The fourth-order valence-corrected chi connectivity index (χ4v) is 1.52. The van der Waals surface area contributed by atoms with Crippen LogP contribution in [0.15, 0.2) is 10.5 Å². The third-order valence-electron chi connectivity index (χ3n) is 1.69. The van der Waals surface area contributed by atoms with Gasteiger partial charge in [0.1, 0.15) is 11.8 Å². The molecule has 0 spiro atoms. The van der Waals surface area contributed by atoms with Crippen molar-refractivity contribution in [3.05, 3.63) is 11.1 Å². The Balaban J connectivity index is 2.68. The van der Waals surface area contributed by atoms with Crippen LogP contribution < -0.4 is 5.73 Å². The average Bonchev–Trinajstić information content (AvgIpc) is 2.65. The van der Waals surface area contributed by atoms with E-state index in [1.54, 1.807) is 5.38 Å². The molecule has 0 saturated heterocycles. The summed E-state index contributed by atoms with van der Waals surface area (Å²) in [4.78, 5) is 29.8. The largest absolute Gasteiger partial charge is 0.481 e. The Morgan fingerprint density at radius 2 is 2.53 bits per heavy atom. The van der Waals surface area contributed by atoms with Crippen LogP contribution in [0.2, 0.25) is 0 Å². The fourth-order valence-electron chi connectivity index (χ4n) is 0.964. The van der Waals surface area contributed by atoms with Crippen molar-refractivity contribution in [3.8, 4) is 0 Å². The average molecular weight is 257 g/mol. The first-order valence-corrected chi connectivity index (χ1v) is 5.53. The third kappa shape index (κ3) is 4.19. The van der Waals surface area contributed by atoms with Gasteiger partial charge < -0.3 is 15.7 Å². The molecule has 1 aromatic heterocycles. The molecule has 0 amide bonds. The maximum absolute atomic E-state index is 10.7.